The van der Waals surface area contributed by atoms with Gasteiger partial charge in [-0.05, 0) is 66.6 Å². The Kier molecular flexibility index (Phi) is 4.90. The highest BCUT2D eigenvalue weighted by atomic mass is 16.2. The van der Waals surface area contributed by atoms with E-state index in [1.165, 1.54) is 30.0 Å². The van der Waals surface area contributed by atoms with Crippen LogP contribution in [0.5, 0.6) is 0 Å². The first kappa shape index (κ1) is 18.3. The summed E-state index contributed by atoms with van der Waals surface area (Å²) in [7, 11) is 0. The number of anilines is 1. The molecule has 1 aliphatic rings. The number of benzene rings is 2. The SMILES string of the molecule is CC(=O)Nc1ccc(CNC(=O)c2ccc3[nH]c4c(c3c2)C[C@H](C)CC4)cc1. The fourth-order valence-corrected chi connectivity index (χ4v) is 3.93. The van der Waals surface area contributed by atoms with Gasteiger partial charge in [-0.25, -0.2) is 0 Å². The Balaban J connectivity index is 1.46. The summed E-state index contributed by atoms with van der Waals surface area (Å²) in [6, 6.07) is 13.4. The van der Waals surface area contributed by atoms with Crippen LogP contribution in [-0.2, 0) is 24.2 Å². The summed E-state index contributed by atoms with van der Waals surface area (Å²) < 4.78 is 0. The largest absolute Gasteiger partial charge is 0.358 e. The Bertz CT molecular complexity index is 1030. The number of fused-ring (bicyclic) bond motifs is 3. The maximum Gasteiger partial charge on any atom is 0.251 e. The number of amides is 2. The van der Waals surface area contributed by atoms with E-state index in [9.17, 15) is 9.59 Å². The Morgan fingerprint density at radius 2 is 1.93 bits per heavy atom. The number of nitrogens with one attached hydrogen (secondary N) is 3. The van der Waals surface area contributed by atoms with E-state index in [0.29, 0.717) is 18.0 Å². The fourth-order valence-electron chi connectivity index (χ4n) is 3.93. The van der Waals surface area contributed by atoms with Crippen molar-refractivity contribution in [3.63, 3.8) is 0 Å². The lowest BCUT2D eigenvalue weighted by atomic mass is 9.87. The van der Waals surface area contributed by atoms with Crippen LogP contribution in [0.2, 0.25) is 0 Å². The second-order valence-corrected chi connectivity index (χ2v) is 7.75. The zero-order chi connectivity index (χ0) is 19.7. The molecule has 0 spiro atoms. The van der Waals surface area contributed by atoms with Gasteiger partial charge in [-0.2, -0.15) is 0 Å². The molecule has 0 aliphatic heterocycles. The number of aryl methyl sites for hydroxylation is 1. The molecule has 1 heterocycles. The van der Waals surface area contributed by atoms with Gasteiger partial charge in [0.25, 0.3) is 5.91 Å². The molecule has 2 amide bonds. The normalized spacial score (nSPS) is 15.9. The van der Waals surface area contributed by atoms with E-state index in [-0.39, 0.29) is 11.8 Å². The first-order valence-corrected chi connectivity index (χ1v) is 9.78. The summed E-state index contributed by atoms with van der Waals surface area (Å²) >= 11 is 0. The minimum Gasteiger partial charge on any atom is -0.358 e. The quantitative estimate of drug-likeness (QED) is 0.640. The molecule has 0 saturated heterocycles. The molecule has 0 fully saturated rings. The predicted octanol–water partition coefficient (Wildman–Crippen LogP) is 4.18. The van der Waals surface area contributed by atoms with E-state index in [1.807, 2.05) is 42.5 Å². The molecule has 28 heavy (non-hydrogen) atoms. The van der Waals surface area contributed by atoms with Crippen molar-refractivity contribution in [2.45, 2.75) is 39.7 Å². The number of carbonyl (C=O) groups excluding carboxylic acids is 2. The van der Waals surface area contributed by atoms with E-state index in [0.717, 1.165) is 29.6 Å². The highest BCUT2D eigenvalue weighted by molar-refractivity contribution is 5.99. The van der Waals surface area contributed by atoms with Gasteiger partial charge in [0.1, 0.15) is 0 Å². The maximum atomic E-state index is 12.7. The maximum absolute atomic E-state index is 12.7. The van der Waals surface area contributed by atoms with Crippen molar-refractivity contribution in [2.24, 2.45) is 5.92 Å². The Hall–Kier alpha value is -3.08. The van der Waals surface area contributed by atoms with Crippen LogP contribution in [0.4, 0.5) is 5.69 Å². The summed E-state index contributed by atoms with van der Waals surface area (Å²) in [6.07, 6.45) is 3.37. The molecule has 0 unspecified atom stereocenters. The third-order valence-corrected chi connectivity index (χ3v) is 5.42. The van der Waals surface area contributed by atoms with Crippen LogP contribution in [0.15, 0.2) is 42.5 Å². The molecular formula is C23H25N3O2. The average Bonchev–Trinajstić information content (AvgIpc) is 3.04. The van der Waals surface area contributed by atoms with Crippen molar-refractivity contribution in [1.82, 2.24) is 10.3 Å². The van der Waals surface area contributed by atoms with Gasteiger partial charge in [0.05, 0.1) is 0 Å². The van der Waals surface area contributed by atoms with E-state index in [1.54, 1.807) is 0 Å². The number of rotatable bonds is 4. The summed E-state index contributed by atoms with van der Waals surface area (Å²) in [5, 5.41) is 6.90. The molecule has 4 rings (SSSR count). The second-order valence-electron chi connectivity index (χ2n) is 7.75. The van der Waals surface area contributed by atoms with Crippen molar-refractivity contribution in [3.05, 3.63) is 64.8 Å². The first-order valence-electron chi connectivity index (χ1n) is 9.78. The molecule has 2 aromatic carbocycles. The van der Waals surface area contributed by atoms with Crippen molar-refractivity contribution in [1.29, 1.82) is 0 Å². The molecule has 3 aromatic rings. The average molecular weight is 375 g/mol. The number of aromatic nitrogens is 1. The highest BCUT2D eigenvalue weighted by Crippen LogP contribution is 2.32. The molecule has 0 saturated carbocycles. The summed E-state index contributed by atoms with van der Waals surface area (Å²) in [4.78, 5) is 27.2. The topological polar surface area (TPSA) is 74.0 Å². The lowest BCUT2D eigenvalue weighted by Crippen LogP contribution is -2.22. The van der Waals surface area contributed by atoms with E-state index >= 15 is 0 Å². The number of carbonyl (C=O) groups is 2. The minimum atomic E-state index is -0.0993. The van der Waals surface area contributed by atoms with Crippen LogP contribution >= 0.6 is 0 Å². The van der Waals surface area contributed by atoms with Crippen LogP contribution < -0.4 is 10.6 Å². The molecule has 3 N–H and O–H groups in total. The molecule has 144 valence electrons. The molecular weight excluding hydrogens is 350 g/mol. The highest BCUT2D eigenvalue weighted by Gasteiger charge is 2.20. The molecule has 1 aromatic heterocycles. The molecule has 0 bridgehead atoms. The fraction of sp³-hybridized carbons (Fsp3) is 0.304. The smallest absolute Gasteiger partial charge is 0.251 e. The van der Waals surface area contributed by atoms with Crippen LogP contribution in [-0.4, -0.2) is 16.8 Å². The Labute approximate surface area is 164 Å². The van der Waals surface area contributed by atoms with Gasteiger partial charge in [0, 0.05) is 41.3 Å². The lowest BCUT2D eigenvalue weighted by Gasteiger charge is -2.18. The van der Waals surface area contributed by atoms with Crippen molar-refractivity contribution in [2.75, 3.05) is 5.32 Å². The molecule has 1 aliphatic carbocycles. The summed E-state index contributed by atoms with van der Waals surface area (Å²) in [6.45, 7) is 4.21. The van der Waals surface area contributed by atoms with E-state index in [2.05, 4.69) is 22.5 Å². The van der Waals surface area contributed by atoms with Crippen molar-refractivity contribution >= 4 is 28.4 Å². The van der Waals surface area contributed by atoms with Gasteiger partial charge in [-0.3, -0.25) is 9.59 Å². The van der Waals surface area contributed by atoms with Crippen molar-refractivity contribution in [3.8, 4) is 0 Å². The van der Waals surface area contributed by atoms with Crippen LogP contribution in [0.25, 0.3) is 10.9 Å². The zero-order valence-corrected chi connectivity index (χ0v) is 16.3. The minimum absolute atomic E-state index is 0.0772. The van der Waals surface area contributed by atoms with E-state index < -0.39 is 0 Å². The predicted molar refractivity (Wildman–Crippen MR) is 111 cm³/mol. The van der Waals surface area contributed by atoms with Gasteiger partial charge in [-0.1, -0.05) is 19.1 Å². The van der Waals surface area contributed by atoms with Crippen LogP contribution in [0.3, 0.4) is 0 Å². The van der Waals surface area contributed by atoms with Gasteiger partial charge in [0.2, 0.25) is 5.91 Å². The van der Waals surface area contributed by atoms with Crippen LogP contribution in [0, 0.1) is 5.92 Å². The molecule has 5 heteroatoms. The van der Waals surface area contributed by atoms with Gasteiger partial charge in [0.15, 0.2) is 0 Å². The second kappa shape index (κ2) is 7.50. The summed E-state index contributed by atoms with van der Waals surface area (Å²) in [5.74, 6) is 0.508. The van der Waals surface area contributed by atoms with Gasteiger partial charge < -0.3 is 15.6 Å². The van der Waals surface area contributed by atoms with Gasteiger partial charge >= 0.3 is 0 Å². The third kappa shape index (κ3) is 3.79. The standard InChI is InChI=1S/C23H25N3O2/c1-14-3-9-21-19(11-14)20-12-17(6-10-22(20)26-21)23(28)24-13-16-4-7-18(8-5-16)25-15(2)27/h4-8,10,12,14,26H,3,9,11,13H2,1-2H3,(H,24,28)(H,25,27)/t14-/m1/s1. The van der Waals surface area contributed by atoms with E-state index in [4.69, 9.17) is 0 Å². The number of H-pyrrole nitrogens is 1. The van der Waals surface area contributed by atoms with Crippen molar-refractivity contribution < 1.29 is 9.59 Å². The monoisotopic (exact) mass is 375 g/mol. The van der Waals surface area contributed by atoms with Crippen LogP contribution in [0.1, 0.15) is 47.4 Å². The Morgan fingerprint density at radius 3 is 2.68 bits per heavy atom. The van der Waals surface area contributed by atoms with Gasteiger partial charge in [-0.15, -0.1) is 0 Å². The number of hydrogen-bond donors (Lipinski definition) is 3. The summed E-state index contributed by atoms with van der Waals surface area (Å²) in [5.41, 5.74) is 6.23. The lowest BCUT2D eigenvalue weighted by molar-refractivity contribution is -0.114. The molecule has 1 atom stereocenters. The zero-order valence-electron chi connectivity index (χ0n) is 16.3. The molecule has 5 nitrogen and oxygen atoms in total. The first-order chi connectivity index (χ1) is 13.5. The number of aromatic amines is 1. The molecule has 0 radical (unpaired) electrons. The Morgan fingerprint density at radius 1 is 1.14 bits per heavy atom. The third-order valence-electron chi connectivity index (χ3n) is 5.42. The number of hydrogen-bond acceptors (Lipinski definition) is 2.